The minimum absolute atomic E-state index is 0.528. The standard InChI is InChI=1S/C12H16N4/c13-10-3-5-16-11(6-10)8-15-12(16)9-2-1-4-14-7-9/h3,5-6,8-9,14H,1-2,4,7,13H2. The Morgan fingerprint density at radius 3 is 3.25 bits per heavy atom. The van der Waals surface area contributed by atoms with Gasteiger partial charge in [0.15, 0.2) is 0 Å². The van der Waals surface area contributed by atoms with Crippen LogP contribution in [0.3, 0.4) is 0 Å². The predicted octanol–water partition coefficient (Wildman–Crippen LogP) is 1.38. The van der Waals surface area contributed by atoms with Gasteiger partial charge in [0.25, 0.3) is 0 Å². The Bertz CT molecular complexity index is 497. The summed E-state index contributed by atoms with van der Waals surface area (Å²) in [6, 6.07) is 3.89. The lowest BCUT2D eigenvalue weighted by atomic mass is 9.99. The third kappa shape index (κ3) is 1.55. The second kappa shape index (κ2) is 3.79. The number of imidazole rings is 1. The van der Waals surface area contributed by atoms with E-state index in [1.165, 1.54) is 12.8 Å². The highest BCUT2D eigenvalue weighted by Crippen LogP contribution is 2.23. The van der Waals surface area contributed by atoms with Crippen LogP contribution in [-0.2, 0) is 0 Å². The van der Waals surface area contributed by atoms with Gasteiger partial charge in [0.2, 0.25) is 0 Å². The highest BCUT2D eigenvalue weighted by atomic mass is 15.0. The Balaban J connectivity index is 2.03. The third-order valence-corrected chi connectivity index (χ3v) is 3.25. The molecule has 3 heterocycles. The molecule has 1 atom stereocenters. The van der Waals surface area contributed by atoms with Crippen LogP contribution in [0.2, 0.25) is 0 Å². The van der Waals surface area contributed by atoms with Crippen LogP contribution in [0.25, 0.3) is 5.52 Å². The molecular formula is C12H16N4. The van der Waals surface area contributed by atoms with E-state index in [4.69, 9.17) is 5.73 Å². The molecule has 0 spiro atoms. The molecule has 4 nitrogen and oxygen atoms in total. The number of rotatable bonds is 1. The summed E-state index contributed by atoms with van der Waals surface area (Å²) in [6.07, 6.45) is 6.37. The molecule has 3 N–H and O–H groups in total. The van der Waals surface area contributed by atoms with E-state index in [-0.39, 0.29) is 0 Å². The Kier molecular flexibility index (Phi) is 2.29. The van der Waals surface area contributed by atoms with Gasteiger partial charge in [0.1, 0.15) is 5.82 Å². The van der Waals surface area contributed by atoms with Crippen molar-refractivity contribution in [3.8, 4) is 0 Å². The number of anilines is 1. The maximum absolute atomic E-state index is 5.76. The van der Waals surface area contributed by atoms with Crippen molar-refractivity contribution in [3.05, 3.63) is 30.4 Å². The van der Waals surface area contributed by atoms with Gasteiger partial charge >= 0.3 is 0 Å². The van der Waals surface area contributed by atoms with Gasteiger partial charge in [-0.25, -0.2) is 4.98 Å². The van der Waals surface area contributed by atoms with Crippen molar-refractivity contribution < 1.29 is 0 Å². The van der Waals surface area contributed by atoms with Crippen LogP contribution in [0.4, 0.5) is 5.69 Å². The van der Waals surface area contributed by atoms with Crippen molar-refractivity contribution in [2.75, 3.05) is 18.8 Å². The normalized spacial score (nSPS) is 21.4. The van der Waals surface area contributed by atoms with E-state index in [1.807, 2.05) is 24.5 Å². The number of nitrogens with one attached hydrogen (secondary N) is 1. The highest BCUT2D eigenvalue weighted by molar-refractivity contribution is 5.56. The smallest absolute Gasteiger partial charge is 0.117 e. The van der Waals surface area contributed by atoms with Crippen LogP contribution < -0.4 is 11.1 Å². The molecule has 3 rings (SSSR count). The molecule has 0 radical (unpaired) electrons. The highest BCUT2D eigenvalue weighted by Gasteiger charge is 2.19. The van der Waals surface area contributed by atoms with Gasteiger partial charge in [-0.2, -0.15) is 0 Å². The quantitative estimate of drug-likeness (QED) is 0.757. The molecule has 0 amide bonds. The van der Waals surface area contributed by atoms with Gasteiger partial charge in [0.05, 0.1) is 11.7 Å². The topological polar surface area (TPSA) is 55.4 Å². The summed E-state index contributed by atoms with van der Waals surface area (Å²) in [4.78, 5) is 4.53. The first-order valence-corrected chi connectivity index (χ1v) is 5.78. The zero-order valence-electron chi connectivity index (χ0n) is 9.19. The van der Waals surface area contributed by atoms with Gasteiger partial charge in [-0.05, 0) is 31.5 Å². The maximum atomic E-state index is 5.76. The molecule has 4 heteroatoms. The molecule has 2 aromatic rings. The van der Waals surface area contributed by atoms with Gasteiger partial charge in [-0.15, -0.1) is 0 Å². The lowest BCUT2D eigenvalue weighted by molar-refractivity contribution is 0.445. The predicted molar refractivity (Wildman–Crippen MR) is 64.4 cm³/mol. The lowest BCUT2D eigenvalue weighted by Gasteiger charge is -2.21. The van der Waals surface area contributed by atoms with Crippen LogP contribution in [-0.4, -0.2) is 22.5 Å². The lowest BCUT2D eigenvalue weighted by Crippen LogP contribution is -2.29. The van der Waals surface area contributed by atoms with E-state index in [0.717, 1.165) is 30.1 Å². The fourth-order valence-corrected chi connectivity index (χ4v) is 2.41. The van der Waals surface area contributed by atoms with E-state index in [9.17, 15) is 0 Å². The number of pyridine rings is 1. The van der Waals surface area contributed by atoms with E-state index in [2.05, 4.69) is 14.7 Å². The van der Waals surface area contributed by atoms with Crippen molar-refractivity contribution in [3.63, 3.8) is 0 Å². The van der Waals surface area contributed by atoms with E-state index >= 15 is 0 Å². The minimum atomic E-state index is 0.528. The molecule has 16 heavy (non-hydrogen) atoms. The van der Waals surface area contributed by atoms with Crippen molar-refractivity contribution in [2.24, 2.45) is 0 Å². The zero-order chi connectivity index (χ0) is 11.0. The molecule has 0 bridgehead atoms. The number of hydrogen-bond acceptors (Lipinski definition) is 3. The van der Waals surface area contributed by atoms with Crippen molar-refractivity contribution in [1.29, 1.82) is 0 Å². The van der Waals surface area contributed by atoms with Gasteiger partial charge < -0.3 is 15.5 Å². The molecule has 1 unspecified atom stereocenters. The van der Waals surface area contributed by atoms with Gasteiger partial charge in [-0.3, -0.25) is 0 Å². The van der Waals surface area contributed by atoms with Crippen LogP contribution in [0.1, 0.15) is 24.6 Å². The average molecular weight is 216 g/mol. The number of nitrogens with zero attached hydrogens (tertiary/aromatic N) is 2. The maximum Gasteiger partial charge on any atom is 0.117 e. The molecule has 1 fully saturated rings. The van der Waals surface area contributed by atoms with Crippen LogP contribution in [0.5, 0.6) is 0 Å². The number of aromatic nitrogens is 2. The first-order valence-electron chi connectivity index (χ1n) is 5.78. The molecule has 1 aliphatic heterocycles. The second-order valence-electron chi connectivity index (χ2n) is 4.41. The summed E-state index contributed by atoms with van der Waals surface area (Å²) in [5, 5.41) is 3.42. The SMILES string of the molecule is Nc1ccn2c(C3CCCNC3)ncc2c1. The largest absolute Gasteiger partial charge is 0.399 e. The monoisotopic (exact) mass is 216 g/mol. The minimum Gasteiger partial charge on any atom is -0.399 e. The molecule has 1 saturated heterocycles. The first kappa shape index (κ1) is 9.66. The summed E-state index contributed by atoms with van der Waals surface area (Å²) in [5.41, 5.74) is 7.63. The number of nitrogens with two attached hydrogens (primary N) is 1. The molecule has 0 aromatic carbocycles. The molecule has 1 aliphatic rings. The Hall–Kier alpha value is -1.55. The van der Waals surface area contributed by atoms with Gasteiger partial charge in [-0.1, -0.05) is 0 Å². The van der Waals surface area contributed by atoms with Crippen molar-refractivity contribution in [2.45, 2.75) is 18.8 Å². The van der Waals surface area contributed by atoms with E-state index in [1.54, 1.807) is 0 Å². The summed E-state index contributed by atoms with van der Waals surface area (Å²) in [6.45, 7) is 2.16. The summed E-state index contributed by atoms with van der Waals surface area (Å²) >= 11 is 0. The molecular weight excluding hydrogens is 200 g/mol. The van der Waals surface area contributed by atoms with Crippen molar-refractivity contribution in [1.82, 2.24) is 14.7 Å². The van der Waals surface area contributed by atoms with E-state index in [0.29, 0.717) is 5.92 Å². The Morgan fingerprint density at radius 1 is 1.50 bits per heavy atom. The average Bonchev–Trinajstić information content (AvgIpc) is 2.73. The number of piperidine rings is 1. The van der Waals surface area contributed by atoms with Crippen LogP contribution >= 0.6 is 0 Å². The number of nitrogen functional groups attached to an aromatic ring is 1. The molecule has 84 valence electrons. The molecule has 0 saturated carbocycles. The van der Waals surface area contributed by atoms with Gasteiger partial charge in [0, 0.05) is 24.3 Å². The summed E-state index contributed by atoms with van der Waals surface area (Å²) in [5.74, 6) is 1.68. The Labute approximate surface area is 94.5 Å². The summed E-state index contributed by atoms with van der Waals surface area (Å²) in [7, 11) is 0. The first-order chi connectivity index (χ1) is 7.84. The van der Waals surface area contributed by atoms with E-state index < -0.39 is 0 Å². The number of hydrogen-bond donors (Lipinski definition) is 2. The Morgan fingerprint density at radius 2 is 2.44 bits per heavy atom. The van der Waals surface area contributed by atoms with Crippen molar-refractivity contribution >= 4 is 11.2 Å². The number of fused-ring (bicyclic) bond motifs is 1. The fraction of sp³-hybridized carbons (Fsp3) is 0.417. The van der Waals surface area contributed by atoms with Crippen LogP contribution in [0.15, 0.2) is 24.5 Å². The summed E-state index contributed by atoms with van der Waals surface area (Å²) < 4.78 is 2.15. The molecule has 0 aliphatic carbocycles. The molecule has 2 aromatic heterocycles. The van der Waals surface area contributed by atoms with Crippen LogP contribution in [0, 0.1) is 0 Å². The zero-order valence-corrected chi connectivity index (χ0v) is 9.19. The second-order valence-corrected chi connectivity index (χ2v) is 4.41. The fourth-order valence-electron chi connectivity index (χ4n) is 2.41. The third-order valence-electron chi connectivity index (χ3n) is 3.25.